The van der Waals surface area contributed by atoms with Crippen LogP contribution in [0.1, 0.15) is 28.8 Å². The Kier molecular flexibility index (Phi) is 4.40. The van der Waals surface area contributed by atoms with Crippen LogP contribution in [0.4, 0.5) is 0 Å². The second kappa shape index (κ2) is 6.15. The molecule has 1 amide bonds. The minimum absolute atomic E-state index is 0.131. The van der Waals surface area contributed by atoms with E-state index >= 15 is 0 Å². The number of halogens is 2. The van der Waals surface area contributed by atoms with Gasteiger partial charge in [-0.05, 0) is 55.0 Å². The SMILES string of the molecule is CSc1ccc(Cl)c(C(=O)NC2(c3ccc(Cl)cc3)CC2)c1. The topological polar surface area (TPSA) is 29.1 Å². The standard InChI is InChI=1S/C17H15Cl2NOS/c1-22-13-6-7-15(19)14(10-13)16(21)20-17(8-9-17)11-2-4-12(18)5-3-11/h2-7,10H,8-9H2,1H3,(H,20,21). The molecule has 0 heterocycles. The van der Waals surface area contributed by atoms with Crippen LogP contribution in [-0.2, 0) is 5.54 Å². The van der Waals surface area contributed by atoms with Gasteiger partial charge in [0.2, 0.25) is 0 Å². The maximum atomic E-state index is 12.6. The second-order valence-corrected chi connectivity index (χ2v) is 7.11. The van der Waals surface area contributed by atoms with Crippen molar-refractivity contribution >= 4 is 40.9 Å². The zero-order valence-electron chi connectivity index (χ0n) is 12.0. The first kappa shape index (κ1) is 15.7. The van der Waals surface area contributed by atoms with E-state index in [4.69, 9.17) is 23.2 Å². The lowest BCUT2D eigenvalue weighted by Crippen LogP contribution is -2.35. The van der Waals surface area contributed by atoms with Crippen molar-refractivity contribution in [3.63, 3.8) is 0 Å². The number of thioether (sulfide) groups is 1. The summed E-state index contributed by atoms with van der Waals surface area (Å²) in [6.45, 7) is 0. The lowest BCUT2D eigenvalue weighted by atomic mass is 10.0. The summed E-state index contributed by atoms with van der Waals surface area (Å²) in [4.78, 5) is 13.6. The summed E-state index contributed by atoms with van der Waals surface area (Å²) < 4.78 is 0. The number of hydrogen-bond acceptors (Lipinski definition) is 2. The summed E-state index contributed by atoms with van der Waals surface area (Å²) in [7, 11) is 0. The van der Waals surface area contributed by atoms with Crippen molar-refractivity contribution in [1.29, 1.82) is 0 Å². The number of nitrogens with one attached hydrogen (secondary N) is 1. The van der Waals surface area contributed by atoms with E-state index in [0.717, 1.165) is 23.3 Å². The summed E-state index contributed by atoms with van der Waals surface area (Å²) in [5, 5.41) is 4.31. The first-order valence-electron chi connectivity index (χ1n) is 6.96. The number of rotatable bonds is 4. The van der Waals surface area contributed by atoms with Gasteiger partial charge in [0.15, 0.2) is 0 Å². The molecule has 0 radical (unpaired) electrons. The molecule has 1 saturated carbocycles. The van der Waals surface area contributed by atoms with Crippen molar-refractivity contribution in [2.45, 2.75) is 23.3 Å². The minimum atomic E-state index is -0.277. The van der Waals surface area contributed by atoms with Gasteiger partial charge in [0, 0.05) is 9.92 Å². The molecule has 0 aromatic heterocycles. The molecule has 1 aliphatic carbocycles. The highest BCUT2D eigenvalue weighted by Crippen LogP contribution is 2.46. The van der Waals surface area contributed by atoms with Crippen molar-refractivity contribution in [1.82, 2.24) is 5.32 Å². The van der Waals surface area contributed by atoms with Crippen molar-refractivity contribution < 1.29 is 4.79 Å². The first-order valence-corrected chi connectivity index (χ1v) is 8.94. The van der Waals surface area contributed by atoms with Gasteiger partial charge in [-0.1, -0.05) is 35.3 Å². The second-order valence-electron chi connectivity index (χ2n) is 5.39. The van der Waals surface area contributed by atoms with Gasteiger partial charge in [-0.3, -0.25) is 4.79 Å². The van der Waals surface area contributed by atoms with Gasteiger partial charge < -0.3 is 5.32 Å². The van der Waals surface area contributed by atoms with Crippen molar-refractivity contribution in [2.24, 2.45) is 0 Å². The van der Waals surface area contributed by atoms with Crippen LogP contribution >= 0.6 is 35.0 Å². The summed E-state index contributed by atoms with van der Waals surface area (Å²) in [5.74, 6) is -0.131. The molecule has 0 spiro atoms. The molecule has 3 rings (SSSR count). The van der Waals surface area contributed by atoms with Crippen LogP contribution in [0, 0.1) is 0 Å². The highest BCUT2D eigenvalue weighted by atomic mass is 35.5. The van der Waals surface area contributed by atoms with E-state index in [9.17, 15) is 4.79 Å². The predicted molar refractivity (Wildman–Crippen MR) is 93.1 cm³/mol. The zero-order valence-corrected chi connectivity index (χ0v) is 14.4. The Labute approximate surface area is 144 Å². The molecule has 2 aromatic rings. The van der Waals surface area contributed by atoms with E-state index in [1.54, 1.807) is 17.8 Å². The van der Waals surface area contributed by atoms with Crippen LogP contribution in [0.3, 0.4) is 0 Å². The van der Waals surface area contributed by atoms with Gasteiger partial charge in [0.1, 0.15) is 0 Å². The van der Waals surface area contributed by atoms with Gasteiger partial charge in [0.05, 0.1) is 16.1 Å². The number of benzene rings is 2. The molecule has 0 bridgehead atoms. The quantitative estimate of drug-likeness (QED) is 0.773. The maximum absolute atomic E-state index is 12.6. The minimum Gasteiger partial charge on any atom is -0.342 e. The van der Waals surface area contributed by atoms with Crippen molar-refractivity contribution in [3.8, 4) is 0 Å². The van der Waals surface area contributed by atoms with Gasteiger partial charge in [-0.25, -0.2) is 0 Å². The molecule has 22 heavy (non-hydrogen) atoms. The monoisotopic (exact) mass is 351 g/mol. The highest BCUT2D eigenvalue weighted by Gasteiger charge is 2.45. The Balaban J connectivity index is 1.84. The lowest BCUT2D eigenvalue weighted by Gasteiger charge is -2.19. The smallest absolute Gasteiger partial charge is 0.253 e. The normalized spacial score (nSPS) is 15.4. The molecule has 1 fully saturated rings. The van der Waals surface area contributed by atoms with E-state index in [0.29, 0.717) is 15.6 Å². The van der Waals surface area contributed by atoms with Gasteiger partial charge in [0.25, 0.3) is 5.91 Å². The van der Waals surface area contributed by atoms with Crippen LogP contribution in [-0.4, -0.2) is 12.2 Å². The predicted octanol–water partition coefficient (Wildman–Crippen LogP) is 5.13. The molecule has 2 nitrogen and oxygen atoms in total. The number of amides is 1. The Bertz CT molecular complexity index is 711. The highest BCUT2D eigenvalue weighted by molar-refractivity contribution is 7.98. The largest absolute Gasteiger partial charge is 0.342 e. The molecule has 1 N–H and O–H groups in total. The van der Waals surface area contributed by atoms with Crippen LogP contribution in [0.25, 0.3) is 0 Å². The molecular formula is C17H15Cl2NOS. The van der Waals surface area contributed by atoms with E-state index in [1.165, 1.54) is 0 Å². The molecule has 0 atom stereocenters. The Hall–Kier alpha value is -1.16. The molecule has 5 heteroatoms. The van der Waals surface area contributed by atoms with Crippen LogP contribution < -0.4 is 5.32 Å². The fourth-order valence-electron chi connectivity index (χ4n) is 2.47. The molecule has 2 aromatic carbocycles. The lowest BCUT2D eigenvalue weighted by molar-refractivity contribution is 0.0931. The summed E-state index contributed by atoms with van der Waals surface area (Å²) in [6.07, 6.45) is 3.83. The third-order valence-electron chi connectivity index (χ3n) is 3.92. The molecule has 114 valence electrons. The Morgan fingerprint density at radius 1 is 1.14 bits per heavy atom. The van der Waals surface area contributed by atoms with Crippen molar-refractivity contribution in [3.05, 3.63) is 63.6 Å². The van der Waals surface area contributed by atoms with Crippen LogP contribution in [0.5, 0.6) is 0 Å². The van der Waals surface area contributed by atoms with Crippen LogP contribution in [0.15, 0.2) is 47.4 Å². The third kappa shape index (κ3) is 3.12. The molecular weight excluding hydrogens is 337 g/mol. The van der Waals surface area contributed by atoms with E-state index < -0.39 is 0 Å². The average molecular weight is 352 g/mol. The fraction of sp³-hybridized carbons (Fsp3) is 0.235. The molecule has 1 aliphatic rings. The van der Waals surface area contributed by atoms with Crippen LogP contribution in [0.2, 0.25) is 10.0 Å². The summed E-state index contributed by atoms with van der Waals surface area (Å²) in [6, 6.07) is 13.2. The molecule has 0 aliphatic heterocycles. The van der Waals surface area contributed by atoms with E-state index in [1.807, 2.05) is 42.7 Å². The zero-order chi connectivity index (χ0) is 15.7. The summed E-state index contributed by atoms with van der Waals surface area (Å²) in [5.41, 5.74) is 1.33. The van der Waals surface area contributed by atoms with E-state index in [2.05, 4.69) is 5.32 Å². The third-order valence-corrected chi connectivity index (χ3v) is 5.22. The number of hydrogen-bond donors (Lipinski definition) is 1. The van der Waals surface area contributed by atoms with E-state index in [-0.39, 0.29) is 11.4 Å². The van der Waals surface area contributed by atoms with Crippen molar-refractivity contribution in [2.75, 3.05) is 6.26 Å². The Morgan fingerprint density at radius 2 is 1.82 bits per heavy atom. The molecule has 0 saturated heterocycles. The maximum Gasteiger partial charge on any atom is 0.253 e. The van der Waals surface area contributed by atoms with Gasteiger partial charge in [-0.15, -0.1) is 11.8 Å². The number of carbonyl (C=O) groups is 1. The number of carbonyl (C=O) groups excluding carboxylic acids is 1. The van der Waals surface area contributed by atoms with Gasteiger partial charge >= 0.3 is 0 Å². The van der Waals surface area contributed by atoms with Gasteiger partial charge in [-0.2, -0.15) is 0 Å². The fourth-order valence-corrected chi connectivity index (χ4v) is 3.24. The Morgan fingerprint density at radius 3 is 2.41 bits per heavy atom. The molecule has 0 unspecified atom stereocenters. The average Bonchev–Trinajstić information content (AvgIpc) is 3.29. The summed E-state index contributed by atoms with van der Waals surface area (Å²) >= 11 is 13.7. The first-order chi connectivity index (χ1) is 10.5.